The molecule has 0 amide bonds. The molecule has 3 nitrogen and oxygen atoms in total. The molecule has 0 aliphatic heterocycles. The average Bonchev–Trinajstić information content (AvgIpc) is 2.82. The van der Waals surface area contributed by atoms with Crippen molar-refractivity contribution in [2.24, 2.45) is 0 Å². The molecule has 1 N–H and O–H groups in total. The first kappa shape index (κ1) is 11.7. The fourth-order valence-corrected chi connectivity index (χ4v) is 2.33. The van der Waals surface area contributed by atoms with Gasteiger partial charge >= 0.3 is 0 Å². The molecule has 19 heavy (non-hydrogen) atoms. The number of H-pyrrole nitrogens is 1. The molecule has 0 aliphatic rings. The van der Waals surface area contributed by atoms with Crippen LogP contribution in [-0.4, -0.2) is 15.8 Å². The Balaban J connectivity index is 2.09. The first-order valence-electron chi connectivity index (χ1n) is 6.25. The number of benzene rings is 1. The quantitative estimate of drug-likeness (QED) is 0.774. The summed E-state index contributed by atoms with van der Waals surface area (Å²) in [5.41, 5.74) is 4.16. The van der Waals surface area contributed by atoms with Crippen LogP contribution in [0.15, 0.2) is 48.8 Å². The number of nitrogens with one attached hydrogen (secondary N) is 1. The van der Waals surface area contributed by atoms with E-state index in [1.807, 2.05) is 30.5 Å². The van der Waals surface area contributed by atoms with Crippen molar-refractivity contribution in [1.82, 2.24) is 9.97 Å². The lowest BCUT2D eigenvalue weighted by Gasteiger charge is -2.03. The molecule has 0 unspecified atom stereocenters. The number of rotatable bonds is 3. The number of Topliss-reactive ketones (excluding diaryl/α,β-unsaturated/α-hetero) is 1. The molecule has 2 heterocycles. The zero-order chi connectivity index (χ0) is 13.2. The lowest BCUT2D eigenvalue weighted by molar-refractivity contribution is -0.116. The zero-order valence-electron chi connectivity index (χ0n) is 10.7. The molecule has 2 aromatic heterocycles. The average molecular weight is 250 g/mol. The van der Waals surface area contributed by atoms with Crippen LogP contribution in [0.25, 0.3) is 22.2 Å². The molecule has 0 atom stereocenters. The summed E-state index contributed by atoms with van der Waals surface area (Å²) in [4.78, 5) is 18.7. The number of aromatic nitrogens is 2. The SMILES string of the molecule is CC(=O)Cc1cccc(-c2c[nH]c3ncccc23)c1. The summed E-state index contributed by atoms with van der Waals surface area (Å²) in [5, 5.41) is 1.10. The molecular weight excluding hydrogens is 236 g/mol. The molecule has 0 saturated carbocycles. The van der Waals surface area contributed by atoms with Gasteiger partial charge in [0.05, 0.1) is 0 Å². The van der Waals surface area contributed by atoms with E-state index >= 15 is 0 Å². The Kier molecular flexibility index (Phi) is 2.88. The van der Waals surface area contributed by atoms with E-state index in [2.05, 4.69) is 22.1 Å². The molecule has 1 aromatic carbocycles. The number of nitrogens with zero attached hydrogens (tertiary/aromatic N) is 1. The monoisotopic (exact) mass is 250 g/mol. The lowest BCUT2D eigenvalue weighted by Crippen LogP contribution is -1.95. The molecule has 0 fully saturated rings. The first-order valence-corrected chi connectivity index (χ1v) is 6.25. The molecular formula is C16H14N2O. The van der Waals surface area contributed by atoms with Gasteiger partial charge in [-0.15, -0.1) is 0 Å². The third kappa shape index (κ3) is 2.27. The number of ketones is 1. The van der Waals surface area contributed by atoms with Gasteiger partial charge in [-0.3, -0.25) is 4.79 Å². The number of hydrogen-bond donors (Lipinski definition) is 1. The van der Waals surface area contributed by atoms with Gasteiger partial charge in [0, 0.05) is 29.8 Å². The molecule has 0 radical (unpaired) electrons. The van der Waals surface area contributed by atoms with Crippen LogP contribution in [0.4, 0.5) is 0 Å². The van der Waals surface area contributed by atoms with Gasteiger partial charge in [-0.05, 0) is 30.2 Å². The minimum absolute atomic E-state index is 0.178. The van der Waals surface area contributed by atoms with Crippen LogP contribution in [0.3, 0.4) is 0 Å². The summed E-state index contributed by atoms with van der Waals surface area (Å²) in [6.07, 6.45) is 4.22. The van der Waals surface area contributed by atoms with Gasteiger partial charge in [-0.2, -0.15) is 0 Å². The number of hydrogen-bond acceptors (Lipinski definition) is 2. The Bertz CT molecular complexity index is 743. The van der Waals surface area contributed by atoms with Crippen molar-refractivity contribution in [2.45, 2.75) is 13.3 Å². The second-order valence-corrected chi connectivity index (χ2v) is 4.68. The molecule has 3 rings (SSSR count). The standard InChI is InChI=1S/C16H14N2O/c1-11(19)8-12-4-2-5-13(9-12)15-10-18-16-14(15)6-3-7-17-16/h2-7,9-10H,8H2,1H3,(H,17,18). The van der Waals surface area contributed by atoms with Crippen LogP contribution in [0, 0.1) is 0 Å². The maximum Gasteiger partial charge on any atom is 0.137 e. The van der Waals surface area contributed by atoms with E-state index in [1.54, 1.807) is 13.1 Å². The summed E-state index contributed by atoms with van der Waals surface area (Å²) in [6, 6.07) is 12.1. The summed E-state index contributed by atoms with van der Waals surface area (Å²) < 4.78 is 0. The highest BCUT2D eigenvalue weighted by Crippen LogP contribution is 2.28. The van der Waals surface area contributed by atoms with E-state index < -0.39 is 0 Å². The maximum absolute atomic E-state index is 11.2. The second kappa shape index (κ2) is 4.69. The van der Waals surface area contributed by atoms with E-state index in [1.165, 1.54) is 0 Å². The summed E-state index contributed by atoms with van der Waals surface area (Å²) in [7, 11) is 0. The largest absolute Gasteiger partial charge is 0.346 e. The van der Waals surface area contributed by atoms with Gasteiger partial charge in [-0.1, -0.05) is 24.3 Å². The highest BCUT2D eigenvalue weighted by molar-refractivity contribution is 5.93. The van der Waals surface area contributed by atoms with Crippen LogP contribution in [-0.2, 0) is 11.2 Å². The van der Waals surface area contributed by atoms with Gasteiger partial charge in [0.25, 0.3) is 0 Å². The molecule has 94 valence electrons. The highest BCUT2D eigenvalue weighted by Gasteiger charge is 2.07. The topological polar surface area (TPSA) is 45.8 Å². The zero-order valence-corrected chi connectivity index (χ0v) is 10.7. The van der Waals surface area contributed by atoms with Crippen LogP contribution < -0.4 is 0 Å². The molecule has 3 heteroatoms. The normalized spacial score (nSPS) is 10.8. The molecule has 0 spiro atoms. The van der Waals surface area contributed by atoms with Crippen molar-refractivity contribution in [3.8, 4) is 11.1 Å². The summed E-state index contributed by atoms with van der Waals surface area (Å²) in [6.45, 7) is 1.61. The first-order chi connectivity index (χ1) is 9.24. The third-order valence-corrected chi connectivity index (χ3v) is 3.14. The summed E-state index contributed by atoms with van der Waals surface area (Å²) in [5.74, 6) is 0.178. The lowest BCUT2D eigenvalue weighted by atomic mass is 10.0. The summed E-state index contributed by atoms with van der Waals surface area (Å²) >= 11 is 0. The predicted molar refractivity (Wildman–Crippen MR) is 75.9 cm³/mol. The van der Waals surface area contributed by atoms with Gasteiger partial charge < -0.3 is 4.98 Å². The maximum atomic E-state index is 11.2. The van der Waals surface area contributed by atoms with Gasteiger partial charge in [0.2, 0.25) is 0 Å². The second-order valence-electron chi connectivity index (χ2n) is 4.68. The Morgan fingerprint density at radius 1 is 1.26 bits per heavy atom. The third-order valence-electron chi connectivity index (χ3n) is 3.14. The van der Waals surface area contributed by atoms with Crippen LogP contribution in [0.2, 0.25) is 0 Å². The van der Waals surface area contributed by atoms with Crippen molar-refractivity contribution in [1.29, 1.82) is 0 Å². The predicted octanol–water partition coefficient (Wildman–Crippen LogP) is 3.36. The Morgan fingerprint density at radius 2 is 2.16 bits per heavy atom. The Labute approximate surface area is 111 Å². The van der Waals surface area contributed by atoms with Crippen molar-refractivity contribution in [3.05, 3.63) is 54.4 Å². The number of fused-ring (bicyclic) bond motifs is 1. The van der Waals surface area contributed by atoms with E-state index in [9.17, 15) is 4.79 Å². The molecule has 0 saturated heterocycles. The van der Waals surface area contributed by atoms with E-state index in [-0.39, 0.29) is 5.78 Å². The molecule has 3 aromatic rings. The van der Waals surface area contributed by atoms with E-state index in [0.717, 1.165) is 27.7 Å². The van der Waals surface area contributed by atoms with Crippen molar-refractivity contribution >= 4 is 16.8 Å². The van der Waals surface area contributed by atoms with Crippen molar-refractivity contribution in [2.75, 3.05) is 0 Å². The smallest absolute Gasteiger partial charge is 0.137 e. The van der Waals surface area contributed by atoms with Gasteiger partial charge in [0.1, 0.15) is 11.4 Å². The Morgan fingerprint density at radius 3 is 3.00 bits per heavy atom. The number of carbonyl (C=O) groups is 1. The Hall–Kier alpha value is -2.42. The minimum atomic E-state index is 0.178. The van der Waals surface area contributed by atoms with Gasteiger partial charge in [0.15, 0.2) is 0 Å². The number of aromatic amines is 1. The van der Waals surface area contributed by atoms with E-state index in [0.29, 0.717) is 6.42 Å². The van der Waals surface area contributed by atoms with Gasteiger partial charge in [-0.25, -0.2) is 4.98 Å². The number of carbonyl (C=O) groups excluding carboxylic acids is 1. The van der Waals surface area contributed by atoms with Crippen LogP contribution in [0.5, 0.6) is 0 Å². The minimum Gasteiger partial charge on any atom is -0.346 e. The molecule has 0 aliphatic carbocycles. The van der Waals surface area contributed by atoms with Crippen molar-refractivity contribution < 1.29 is 4.79 Å². The van der Waals surface area contributed by atoms with Crippen LogP contribution >= 0.6 is 0 Å². The number of pyridine rings is 1. The highest BCUT2D eigenvalue weighted by atomic mass is 16.1. The van der Waals surface area contributed by atoms with E-state index in [4.69, 9.17) is 0 Å². The molecule has 0 bridgehead atoms. The fraction of sp³-hybridized carbons (Fsp3) is 0.125. The van der Waals surface area contributed by atoms with Crippen molar-refractivity contribution in [3.63, 3.8) is 0 Å². The van der Waals surface area contributed by atoms with Crippen LogP contribution in [0.1, 0.15) is 12.5 Å². The fourth-order valence-electron chi connectivity index (χ4n) is 2.33.